The average Bonchev–Trinajstić information content (AvgIpc) is 3.48. The number of aliphatic hydroxyl groups excluding tert-OH is 1. The van der Waals surface area contributed by atoms with E-state index in [4.69, 9.17) is 9.47 Å². The van der Waals surface area contributed by atoms with Gasteiger partial charge in [-0.3, -0.25) is 4.57 Å². The summed E-state index contributed by atoms with van der Waals surface area (Å²) in [7, 11) is 0. The molecule has 5 aromatic rings. The summed E-state index contributed by atoms with van der Waals surface area (Å²) >= 11 is 0. The molecular formula is C39H43N5O5. The number of aromatic nitrogens is 2. The Morgan fingerprint density at radius 2 is 1.61 bits per heavy atom. The molecule has 0 radical (unpaired) electrons. The van der Waals surface area contributed by atoms with Crippen LogP contribution in [0.15, 0.2) is 108 Å². The van der Waals surface area contributed by atoms with Crippen molar-refractivity contribution in [1.29, 1.82) is 0 Å². The number of nitrogens with zero attached hydrogens (tertiary/aromatic N) is 2. The molecule has 254 valence electrons. The number of imidazole rings is 1. The topological polar surface area (TPSA) is 121 Å². The maximum atomic E-state index is 13.0. The molecular weight excluding hydrogens is 618 g/mol. The van der Waals surface area contributed by atoms with Gasteiger partial charge in [-0.15, -0.1) is 0 Å². The number of nitrogens with one attached hydrogen (secondary N) is 3. The third-order valence-electron chi connectivity index (χ3n) is 9.71. The van der Waals surface area contributed by atoms with E-state index in [9.17, 15) is 14.7 Å². The summed E-state index contributed by atoms with van der Waals surface area (Å²) in [5.41, 5.74) is 6.17. The van der Waals surface area contributed by atoms with Crippen LogP contribution in [0, 0.1) is 0 Å². The molecule has 0 saturated carbocycles. The molecule has 49 heavy (non-hydrogen) atoms. The molecule has 2 aliphatic rings. The van der Waals surface area contributed by atoms with Crippen molar-refractivity contribution < 1.29 is 19.4 Å². The fourth-order valence-electron chi connectivity index (χ4n) is 7.32. The van der Waals surface area contributed by atoms with E-state index in [-0.39, 0.29) is 42.5 Å². The number of aromatic amines is 1. The number of aliphatic hydroxyl groups is 1. The van der Waals surface area contributed by atoms with Crippen LogP contribution in [0.5, 0.6) is 0 Å². The predicted octanol–water partition coefficient (Wildman–Crippen LogP) is 6.24. The first-order valence-electron chi connectivity index (χ1n) is 17.1. The molecule has 2 aliphatic heterocycles. The maximum Gasteiger partial charge on any atom is 0.326 e. The molecule has 2 fully saturated rings. The molecule has 0 spiro atoms. The van der Waals surface area contributed by atoms with E-state index in [0.717, 1.165) is 59.2 Å². The standard InChI is InChI=1S/C39H43N5O5/c1-2-40-38(46)41-30-12-8-11-29(23-30)37-48-34(24-43-21-19-31(20-22-43)44-33-14-7-6-13-32(33)42-39(44)47)35(27-9-4-3-5-10-27)36(49-37)28-17-15-26(25-45)16-18-28/h3-18,23,31,34-37,45H,2,19-22,24-25H2,1H3,(H,42,47)(H2,40,41,46)/t34-,35-,36+,37?/m1/s1. The Kier molecular flexibility index (Phi) is 9.90. The third kappa shape index (κ3) is 7.18. The first kappa shape index (κ1) is 32.8. The van der Waals surface area contributed by atoms with E-state index in [2.05, 4.69) is 32.7 Å². The molecule has 3 heterocycles. The lowest BCUT2D eigenvalue weighted by Crippen LogP contribution is -2.47. The number of likely N-dealkylation sites (tertiary alicyclic amines) is 1. The second kappa shape index (κ2) is 14.8. The number of urea groups is 1. The normalized spacial score (nSPS) is 21.8. The number of benzene rings is 4. The molecule has 2 amide bonds. The van der Waals surface area contributed by atoms with E-state index in [1.165, 1.54) is 0 Å². The van der Waals surface area contributed by atoms with Crippen LogP contribution in [0.3, 0.4) is 0 Å². The van der Waals surface area contributed by atoms with Crippen LogP contribution >= 0.6 is 0 Å². The summed E-state index contributed by atoms with van der Waals surface area (Å²) in [4.78, 5) is 30.7. The molecule has 10 nitrogen and oxygen atoms in total. The number of carbonyl (C=O) groups is 1. The number of fused-ring (bicyclic) bond motifs is 1. The van der Waals surface area contributed by atoms with Crippen LogP contribution in [-0.4, -0.2) is 57.9 Å². The third-order valence-corrected chi connectivity index (χ3v) is 9.71. The number of piperidine rings is 1. The van der Waals surface area contributed by atoms with Crippen molar-refractivity contribution in [3.8, 4) is 0 Å². The van der Waals surface area contributed by atoms with Gasteiger partial charge in [-0.2, -0.15) is 0 Å². The number of H-pyrrole nitrogens is 1. The zero-order valence-electron chi connectivity index (χ0n) is 27.6. The highest BCUT2D eigenvalue weighted by Gasteiger charge is 2.43. The van der Waals surface area contributed by atoms with Gasteiger partial charge in [-0.05, 0) is 60.7 Å². The van der Waals surface area contributed by atoms with E-state index in [0.29, 0.717) is 18.8 Å². The minimum Gasteiger partial charge on any atom is -0.392 e. The Morgan fingerprint density at radius 1 is 0.878 bits per heavy atom. The average molecular weight is 662 g/mol. The molecule has 2 saturated heterocycles. The number of anilines is 1. The number of rotatable bonds is 9. The summed E-state index contributed by atoms with van der Waals surface area (Å²) in [6.45, 7) is 4.69. The molecule has 1 aromatic heterocycles. The van der Waals surface area contributed by atoms with Crippen molar-refractivity contribution in [1.82, 2.24) is 19.8 Å². The van der Waals surface area contributed by atoms with Crippen LogP contribution in [-0.2, 0) is 16.1 Å². The Balaban J connectivity index is 1.18. The minimum atomic E-state index is -0.689. The molecule has 4 atom stereocenters. The zero-order valence-corrected chi connectivity index (χ0v) is 27.6. The van der Waals surface area contributed by atoms with Crippen LogP contribution < -0.4 is 16.3 Å². The second-order valence-corrected chi connectivity index (χ2v) is 12.9. The smallest absolute Gasteiger partial charge is 0.326 e. The first-order valence-corrected chi connectivity index (χ1v) is 17.1. The molecule has 0 bridgehead atoms. The highest BCUT2D eigenvalue weighted by molar-refractivity contribution is 5.89. The van der Waals surface area contributed by atoms with Crippen LogP contribution in [0.2, 0.25) is 0 Å². The quantitative estimate of drug-likeness (QED) is 0.149. The summed E-state index contributed by atoms with van der Waals surface area (Å²) in [6, 6.07) is 33.6. The lowest BCUT2D eigenvalue weighted by atomic mass is 9.83. The molecule has 4 aromatic carbocycles. The number of para-hydroxylation sites is 2. The van der Waals surface area contributed by atoms with Crippen molar-refractivity contribution in [2.24, 2.45) is 0 Å². The van der Waals surface area contributed by atoms with Crippen molar-refractivity contribution in [2.45, 2.75) is 56.8 Å². The molecule has 4 N–H and O–H groups in total. The SMILES string of the molecule is CCNC(=O)Nc1cccc(C2O[C@H](CN3CCC(n4c(=O)[nH]c5ccccc54)CC3)[C@@H](c3ccccc3)[C@H](c3ccc(CO)cc3)O2)c1. The predicted molar refractivity (Wildman–Crippen MR) is 189 cm³/mol. The maximum absolute atomic E-state index is 13.0. The van der Waals surface area contributed by atoms with Gasteiger partial charge < -0.3 is 35.1 Å². The van der Waals surface area contributed by atoms with Gasteiger partial charge in [0.1, 0.15) is 0 Å². The van der Waals surface area contributed by atoms with Crippen molar-refractivity contribution >= 4 is 22.8 Å². The minimum absolute atomic E-state index is 0.0334. The van der Waals surface area contributed by atoms with E-state index in [1.807, 2.05) is 102 Å². The van der Waals surface area contributed by atoms with Crippen LogP contribution in [0.1, 0.15) is 66.4 Å². The molecule has 7 rings (SSSR count). The number of hydrogen-bond acceptors (Lipinski definition) is 6. The zero-order chi connectivity index (χ0) is 33.7. The second-order valence-electron chi connectivity index (χ2n) is 12.9. The van der Waals surface area contributed by atoms with Crippen LogP contribution in [0.4, 0.5) is 10.5 Å². The summed E-state index contributed by atoms with van der Waals surface area (Å²) in [6.07, 6.45) is 0.427. The molecule has 10 heteroatoms. The van der Waals surface area contributed by atoms with Gasteiger partial charge in [-0.1, -0.05) is 78.9 Å². The Hall–Kier alpha value is -4.74. The van der Waals surface area contributed by atoms with Gasteiger partial charge in [0.05, 0.1) is 29.8 Å². The lowest BCUT2D eigenvalue weighted by Gasteiger charge is -2.45. The van der Waals surface area contributed by atoms with Crippen molar-refractivity contribution in [3.63, 3.8) is 0 Å². The highest BCUT2D eigenvalue weighted by atomic mass is 16.7. The monoisotopic (exact) mass is 661 g/mol. The number of amides is 2. The van der Waals surface area contributed by atoms with Gasteiger partial charge >= 0.3 is 11.7 Å². The van der Waals surface area contributed by atoms with E-state index < -0.39 is 6.29 Å². The van der Waals surface area contributed by atoms with Gasteiger partial charge in [0, 0.05) is 49.4 Å². The fourth-order valence-corrected chi connectivity index (χ4v) is 7.32. The first-order chi connectivity index (χ1) is 24.0. The Labute approximate surface area is 285 Å². The number of ether oxygens (including phenoxy) is 2. The summed E-state index contributed by atoms with van der Waals surface area (Å²) in [5.74, 6) is -0.122. The van der Waals surface area contributed by atoms with Gasteiger partial charge in [-0.25, -0.2) is 9.59 Å². The van der Waals surface area contributed by atoms with Crippen LogP contribution in [0.25, 0.3) is 11.0 Å². The van der Waals surface area contributed by atoms with Crippen molar-refractivity contribution in [3.05, 3.63) is 136 Å². The Bertz CT molecular complexity index is 1920. The largest absolute Gasteiger partial charge is 0.392 e. The van der Waals surface area contributed by atoms with Gasteiger partial charge in [0.25, 0.3) is 0 Å². The van der Waals surface area contributed by atoms with E-state index in [1.54, 1.807) is 0 Å². The molecule has 1 unspecified atom stereocenters. The van der Waals surface area contributed by atoms with E-state index >= 15 is 0 Å². The van der Waals surface area contributed by atoms with Gasteiger partial charge in [0.2, 0.25) is 0 Å². The molecule has 0 aliphatic carbocycles. The Morgan fingerprint density at radius 3 is 2.37 bits per heavy atom. The summed E-state index contributed by atoms with van der Waals surface area (Å²) < 4.78 is 15.7. The lowest BCUT2D eigenvalue weighted by molar-refractivity contribution is -0.264. The van der Waals surface area contributed by atoms with Gasteiger partial charge in [0.15, 0.2) is 6.29 Å². The fraction of sp³-hybridized carbons (Fsp3) is 0.333. The number of hydrogen-bond donors (Lipinski definition) is 4. The van der Waals surface area contributed by atoms with Crippen molar-refractivity contribution in [2.75, 3.05) is 31.5 Å². The number of carbonyl (C=O) groups excluding carboxylic acids is 1. The highest BCUT2D eigenvalue weighted by Crippen LogP contribution is 2.47. The summed E-state index contributed by atoms with van der Waals surface area (Å²) in [5, 5.41) is 15.4.